The number of non-ortho nitro benzene ring substituents is 1. The number of benzene rings is 2. The monoisotopic (exact) mass is 355 g/mol. The van der Waals surface area contributed by atoms with Gasteiger partial charge in [0.05, 0.1) is 29.8 Å². The van der Waals surface area contributed by atoms with E-state index in [4.69, 9.17) is 4.74 Å². The van der Waals surface area contributed by atoms with Crippen LogP contribution >= 0.6 is 0 Å². The third kappa shape index (κ3) is 3.61. The molecule has 0 saturated carbocycles. The summed E-state index contributed by atoms with van der Waals surface area (Å²) in [5.74, 6) is 0.263. The van der Waals surface area contributed by atoms with Gasteiger partial charge in [0.1, 0.15) is 5.75 Å². The molecule has 1 heterocycles. The van der Waals surface area contributed by atoms with E-state index in [0.717, 1.165) is 24.0 Å². The van der Waals surface area contributed by atoms with Crippen LogP contribution in [-0.2, 0) is 0 Å². The maximum Gasteiger partial charge on any atom is 0.322 e. The second-order valence-electron chi connectivity index (χ2n) is 6.34. The first-order valence-corrected chi connectivity index (χ1v) is 8.46. The van der Waals surface area contributed by atoms with Gasteiger partial charge in [-0.25, -0.2) is 4.79 Å². The Morgan fingerprint density at radius 3 is 2.81 bits per heavy atom. The van der Waals surface area contributed by atoms with Crippen molar-refractivity contribution >= 4 is 17.4 Å². The lowest BCUT2D eigenvalue weighted by Gasteiger charge is -2.26. The standard InChI is InChI=1S/C19H21N3O4/c1-13-5-3-6-14(11-13)17-7-4-10-21(17)19(23)20-16-9-8-15(22(24)25)12-18(16)26-2/h3,5-6,8-9,11-12,17H,4,7,10H2,1-2H3,(H,20,23)/t17-/m0/s1. The van der Waals surface area contributed by atoms with Crippen molar-refractivity contribution in [3.8, 4) is 5.75 Å². The maximum absolute atomic E-state index is 12.8. The van der Waals surface area contributed by atoms with Gasteiger partial charge in [-0.2, -0.15) is 0 Å². The number of nitro benzene ring substituents is 1. The van der Waals surface area contributed by atoms with Gasteiger partial charge in [-0.05, 0) is 31.4 Å². The minimum absolute atomic E-state index is 0.0268. The summed E-state index contributed by atoms with van der Waals surface area (Å²) in [4.78, 5) is 25.0. The quantitative estimate of drug-likeness (QED) is 0.655. The number of nitrogens with zero attached hydrogens (tertiary/aromatic N) is 2. The molecule has 7 nitrogen and oxygen atoms in total. The molecule has 1 fully saturated rings. The molecular formula is C19H21N3O4. The number of hydrogen-bond acceptors (Lipinski definition) is 4. The van der Waals surface area contributed by atoms with Crippen LogP contribution in [0.5, 0.6) is 5.75 Å². The first-order valence-electron chi connectivity index (χ1n) is 8.46. The fourth-order valence-corrected chi connectivity index (χ4v) is 3.32. The van der Waals surface area contributed by atoms with E-state index < -0.39 is 4.92 Å². The Morgan fingerprint density at radius 2 is 2.12 bits per heavy atom. The SMILES string of the molecule is COc1cc([N+](=O)[O-])ccc1NC(=O)N1CCC[C@H]1c1cccc(C)c1. The van der Waals surface area contributed by atoms with E-state index >= 15 is 0 Å². The molecule has 0 aromatic heterocycles. The normalized spacial score (nSPS) is 16.4. The summed E-state index contributed by atoms with van der Waals surface area (Å²) in [6, 6.07) is 12.1. The highest BCUT2D eigenvalue weighted by Gasteiger charge is 2.30. The van der Waals surface area contributed by atoms with E-state index in [1.807, 2.05) is 25.1 Å². The number of nitro groups is 1. The van der Waals surface area contributed by atoms with Crippen molar-refractivity contribution in [2.45, 2.75) is 25.8 Å². The Labute approximate surface area is 151 Å². The van der Waals surface area contributed by atoms with Crippen LogP contribution in [0.15, 0.2) is 42.5 Å². The van der Waals surface area contributed by atoms with Crippen molar-refractivity contribution in [1.82, 2.24) is 4.90 Å². The van der Waals surface area contributed by atoms with Crippen LogP contribution < -0.4 is 10.1 Å². The lowest BCUT2D eigenvalue weighted by atomic mass is 10.0. The highest BCUT2D eigenvalue weighted by atomic mass is 16.6. The largest absolute Gasteiger partial charge is 0.494 e. The number of carbonyl (C=O) groups excluding carboxylic acids is 1. The van der Waals surface area contributed by atoms with Crippen LogP contribution in [0.4, 0.5) is 16.2 Å². The lowest BCUT2D eigenvalue weighted by Crippen LogP contribution is -2.34. The zero-order valence-corrected chi connectivity index (χ0v) is 14.8. The molecule has 2 aromatic rings. The fraction of sp³-hybridized carbons (Fsp3) is 0.316. The van der Waals surface area contributed by atoms with E-state index in [0.29, 0.717) is 12.2 Å². The van der Waals surface area contributed by atoms with E-state index in [9.17, 15) is 14.9 Å². The van der Waals surface area contributed by atoms with Crippen molar-refractivity contribution in [3.05, 3.63) is 63.7 Å². The number of likely N-dealkylation sites (tertiary alicyclic amines) is 1. The molecule has 1 aliphatic heterocycles. The molecule has 1 atom stereocenters. The number of hydrogen-bond donors (Lipinski definition) is 1. The van der Waals surface area contributed by atoms with Gasteiger partial charge in [-0.3, -0.25) is 10.1 Å². The van der Waals surface area contributed by atoms with E-state index in [1.165, 1.54) is 25.3 Å². The Bertz CT molecular complexity index is 837. The van der Waals surface area contributed by atoms with Crippen molar-refractivity contribution in [2.75, 3.05) is 19.0 Å². The maximum atomic E-state index is 12.8. The fourth-order valence-electron chi connectivity index (χ4n) is 3.32. The molecule has 3 rings (SSSR count). The van der Waals surface area contributed by atoms with Gasteiger partial charge in [0.2, 0.25) is 0 Å². The third-order valence-corrected chi connectivity index (χ3v) is 4.58. The molecule has 1 saturated heterocycles. The number of aryl methyl sites for hydroxylation is 1. The van der Waals surface area contributed by atoms with Gasteiger partial charge < -0.3 is 15.0 Å². The second-order valence-corrected chi connectivity index (χ2v) is 6.34. The zero-order valence-electron chi connectivity index (χ0n) is 14.8. The summed E-state index contributed by atoms with van der Waals surface area (Å²) in [6.45, 7) is 2.70. The average molecular weight is 355 g/mol. The molecule has 0 spiro atoms. The van der Waals surface area contributed by atoms with Gasteiger partial charge in [0.25, 0.3) is 5.69 Å². The lowest BCUT2D eigenvalue weighted by molar-refractivity contribution is -0.384. The number of carbonyl (C=O) groups is 1. The second kappa shape index (κ2) is 7.43. The molecular weight excluding hydrogens is 334 g/mol. The number of anilines is 1. The van der Waals surface area contributed by atoms with Gasteiger partial charge >= 0.3 is 6.03 Å². The first-order chi connectivity index (χ1) is 12.5. The third-order valence-electron chi connectivity index (χ3n) is 4.58. The van der Waals surface area contributed by atoms with Gasteiger partial charge in [-0.15, -0.1) is 0 Å². The molecule has 2 aromatic carbocycles. The summed E-state index contributed by atoms with van der Waals surface area (Å²) in [6.07, 6.45) is 1.84. The van der Waals surface area contributed by atoms with Crippen LogP contribution in [0.2, 0.25) is 0 Å². The van der Waals surface area contributed by atoms with Crippen molar-refractivity contribution < 1.29 is 14.5 Å². The summed E-state index contributed by atoms with van der Waals surface area (Å²) >= 11 is 0. The van der Waals surface area contributed by atoms with Crippen LogP contribution in [0.3, 0.4) is 0 Å². The van der Waals surface area contributed by atoms with Gasteiger partial charge in [-0.1, -0.05) is 29.8 Å². The molecule has 136 valence electrons. The van der Waals surface area contributed by atoms with Crippen LogP contribution in [-0.4, -0.2) is 29.5 Å². The van der Waals surface area contributed by atoms with E-state index in [1.54, 1.807) is 4.90 Å². The van der Waals surface area contributed by atoms with E-state index in [-0.39, 0.29) is 23.5 Å². The van der Waals surface area contributed by atoms with Crippen molar-refractivity contribution in [3.63, 3.8) is 0 Å². The van der Waals surface area contributed by atoms with Crippen LogP contribution in [0.25, 0.3) is 0 Å². The van der Waals surface area contributed by atoms with Gasteiger partial charge in [0.15, 0.2) is 0 Å². The molecule has 0 aliphatic carbocycles. The smallest absolute Gasteiger partial charge is 0.322 e. The molecule has 2 amide bonds. The average Bonchev–Trinajstić information content (AvgIpc) is 3.11. The Balaban J connectivity index is 1.80. The summed E-state index contributed by atoms with van der Waals surface area (Å²) in [5.41, 5.74) is 2.61. The Morgan fingerprint density at radius 1 is 1.31 bits per heavy atom. The van der Waals surface area contributed by atoms with E-state index in [2.05, 4.69) is 11.4 Å². The molecule has 7 heteroatoms. The molecule has 1 N–H and O–H groups in total. The minimum atomic E-state index is -0.498. The van der Waals surface area contributed by atoms with Crippen molar-refractivity contribution in [2.24, 2.45) is 0 Å². The number of nitrogens with one attached hydrogen (secondary N) is 1. The molecule has 26 heavy (non-hydrogen) atoms. The number of amides is 2. The summed E-state index contributed by atoms with van der Waals surface area (Å²) in [5, 5.41) is 13.7. The molecule has 0 unspecified atom stereocenters. The molecule has 0 bridgehead atoms. The predicted molar refractivity (Wildman–Crippen MR) is 98.5 cm³/mol. The minimum Gasteiger partial charge on any atom is -0.494 e. The number of ether oxygens (including phenoxy) is 1. The predicted octanol–water partition coefficient (Wildman–Crippen LogP) is 4.28. The summed E-state index contributed by atoms with van der Waals surface area (Å²) in [7, 11) is 1.42. The number of urea groups is 1. The highest BCUT2D eigenvalue weighted by Crippen LogP contribution is 2.34. The number of methoxy groups -OCH3 is 1. The van der Waals surface area contributed by atoms with Gasteiger partial charge in [0, 0.05) is 12.6 Å². The number of rotatable bonds is 4. The topological polar surface area (TPSA) is 84.7 Å². The Hall–Kier alpha value is -3.09. The zero-order chi connectivity index (χ0) is 18.7. The summed E-state index contributed by atoms with van der Waals surface area (Å²) < 4.78 is 5.19. The molecule has 1 aliphatic rings. The Kier molecular flexibility index (Phi) is 5.06. The molecule has 0 radical (unpaired) electrons. The first kappa shape index (κ1) is 17.7. The highest BCUT2D eigenvalue weighted by molar-refractivity contribution is 5.91. The van der Waals surface area contributed by atoms with Crippen LogP contribution in [0.1, 0.15) is 30.0 Å². The van der Waals surface area contributed by atoms with Crippen LogP contribution in [0, 0.1) is 17.0 Å². The van der Waals surface area contributed by atoms with Crippen molar-refractivity contribution in [1.29, 1.82) is 0 Å².